The van der Waals surface area contributed by atoms with E-state index in [4.69, 9.17) is 0 Å². The van der Waals surface area contributed by atoms with E-state index in [1.54, 1.807) is 0 Å². The van der Waals surface area contributed by atoms with Crippen molar-refractivity contribution in [3.63, 3.8) is 0 Å². The first-order valence-corrected chi connectivity index (χ1v) is 10.7. The molecule has 6 heteroatoms. The lowest BCUT2D eigenvalue weighted by Crippen LogP contribution is -2.37. The topological polar surface area (TPSA) is 63.1 Å². The van der Waals surface area contributed by atoms with Crippen LogP contribution < -0.4 is 5.32 Å². The van der Waals surface area contributed by atoms with E-state index in [2.05, 4.69) is 44.8 Å². The summed E-state index contributed by atoms with van der Waals surface area (Å²) < 4.78 is 1.88. The molecular formula is C25H25N5O. The van der Waals surface area contributed by atoms with Gasteiger partial charge in [0.05, 0.1) is 12.1 Å². The molecule has 1 aliphatic heterocycles. The van der Waals surface area contributed by atoms with Gasteiger partial charge < -0.3 is 5.32 Å². The molecule has 3 aromatic carbocycles. The number of carbonyl (C=O) groups is 1. The van der Waals surface area contributed by atoms with Gasteiger partial charge in [-0.3, -0.25) is 9.69 Å². The zero-order valence-corrected chi connectivity index (χ0v) is 17.3. The number of nitrogens with one attached hydrogen (secondary N) is 1. The van der Waals surface area contributed by atoms with E-state index in [-0.39, 0.29) is 11.9 Å². The minimum absolute atomic E-state index is 0.00989. The molecule has 31 heavy (non-hydrogen) atoms. The number of amides is 1. The molecule has 1 N–H and O–H groups in total. The smallest absolute Gasteiger partial charge is 0.251 e. The Morgan fingerprint density at radius 3 is 2.48 bits per heavy atom. The van der Waals surface area contributed by atoms with E-state index in [0.717, 1.165) is 42.7 Å². The molecule has 4 aromatic rings. The predicted molar refractivity (Wildman–Crippen MR) is 121 cm³/mol. The van der Waals surface area contributed by atoms with Crippen LogP contribution in [-0.4, -0.2) is 44.9 Å². The lowest BCUT2D eigenvalue weighted by atomic mass is 10.1. The van der Waals surface area contributed by atoms with Crippen LogP contribution in [0.15, 0.2) is 78.9 Å². The first-order chi connectivity index (χ1) is 15.2. The average Bonchev–Trinajstić information content (AvgIpc) is 3.42. The van der Waals surface area contributed by atoms with Crippen molar-refractivity contribution < 1.29 is 4.79 Å². The Morgan fingerprint density at radius 1 is 0.903 bits per heavy atom. The molecule has 0 bridgehead atoms. The molecule has 156 valence electrons. The fraction of sp³-hybridized carbons (Fsp3) is 0.240. The molecule has 1 saturated heterocycles. The normalized spacial score (nSPS) is 16.6. The van der Waals surface area contributed by atoms with Crippen LogP contribution in [0.3, 0.4) is 0 Å². The van der Waals surface area contributed by atoms with E-state index in [9.17, 15) is 4.79 Å². The van der Waals surface area contributed by atoms with Crippen molar-refractivity contribution in [1.29, 1.82) is 0 Å². The third-order valence-electron chi connectivity index (χ3n) is 5.83. The summed E-state index contributed by atoms with van der Waals surface area (Å²) in [5, 5.41) is 11.6. The molecule has 1 aliphatic rings. The van der Waals surface area contributed by atoms with Crippen LogP contribution in [-0.2, 0) is 13.1 Å². The van der Waals surface area contributed by atoms with E-state index < -0.39 is 0 Å². The maximum atomic E-state index is 12.7. The molecule has 6 nitrogen and oxygen atoms in total. The van der Waals surface area contributed by atoms with E-state index in [1.807, 2.05) is 59.3 Å². The van der Waals surface area contributed by atoms with Crippen LogP contribution in [0.25, 0.3) is 11.0 Å². The number of fused-ring (bicyclic) bond motifs is 1. The van der Waals surface area contributed by atoms with Crippen LogP contribution in [0, 0.1) is 0 Å². The monoisotopic (exact) mass is 411 g/mol. The number of benzene rings is 3. The zero-order chi connectivity index (χ0) is 21.0. The third-order valence-corrected chi connectivity index (χ3v) is 5.83. The van der Waals surface area contributed by atoms with Gasteiger partial charge >= 0.3 is 0 Å². The van der Waals surface area contributed by atoms with Gasteiger partial charge in [-0.25, -0.2) is 4.68 Å². The first-order valence-electron chi connectivity index (χ1n) is 10.7. The summed E-state index contributed by atoms with van der Waals surface area (Å²) in [6, 6.07) is 26.3. The summed E-state index contributed by atoms with van der Waals surface area (Å²) in [7, 11) is 0. The molecule has 5 rings (SSSR count). The Kier molecular flexibility index (Phi) is 5.46. The molecule has 2 heterocycles. The highest BCUT2D eigenvalue weighted by molar-refractivity contribution is 5.94. The van der Waals surface area contributed by atoms with E-state index >= 15 is 0 Å². The fourth-order valence-electron chi connectivity index (χ4n) is 4.17. The van der Waals surface area contributed by atoms with E-state index in [0.29, 0.717) is 12.1 Å². The number of carbonyl (C=O) groups excluding carboxylic acids is 1. The van der Waals surface area contributed by atoms with Crippen LogP contribution >= 0.6 is 0 Å². The highest BCUT2D eigenvalue weighted by atomic mass is 16.1. The minimum Gasteiger partial charge on any atom is -0.348 e. The Bertz CT molecular complexity index is 1170. The van der Waals surface area contributed by atoms with Crippen molar-refractivity contribution in [2.75, 3.05) is 13.1 Å². The van der Waals surface area contributed by atoms with Gasteiger partial charge in [0.2, 0.25) is 0 Å². The summed E-state index contributed by atoms with van der Waals surface area (Å²) in [6.07, 6.45) is 0.982. The number of likely N-dealkylation sites (tertiary alicyclic amines) is 1. The lowest BCUT2D eigenvalue weighted by Gasteiger charge is -2.17. The lowest BCUT2D eigenvalue weighted by molar-refractivity contribution is 0.0937. The molecule has 0 radical (unpaired) electrons. The van der Waals surface area contributed by atoms with Crippen molar-refractivity contribution >= 4 is 16.9 Å². The number of para-hydroxylation sites is 1. The second kappa shape index (κ2) is 8.70. The molecule has 0 spiro atoms. The number of aromatic nitrogens is 3. The SMILES string of the molecule is O=C(N[C@H]1CCN(Cc2ccccc2)C1)c1ccc(Cn2nnc3ccccc32)cc1. The van der Waals surface area contributed by atoms with Crippen molar-refractivity contribution in [1.82, 2.24) is 25.2 Å². The van der Waals surface area contributed by atoms with Gasteiger partial charge in [-0.2, -0.15) is 0 Å². The van der Waals surface area contributed by atoms with Crippen molar-refractivity contribution in [2.45, 2.75) is 25.6 Å². The summed E-state index contributed by atoms with van der Waals surface area (Å²) in [4.78, 5) is 15.1. The maximum absolute atomic E-state index is 12.7. The highest BCUT2D eigenvalue weighted by Gasteiger charge is 2.24. The molecule has 1 atom stereocenters. The van der Waals surface area contributed by atoms with Crippen LogP contribution in [0.1, 0.15) is 27.9 Å². The summed E-state index contributed by atoms with van der Waals surface area (Å²) in [5.74, 6) is -0.00989. The van der Waals surface area contributed by atoms with Crippen molar-refractivity contribution in [3.8, 4) is 0 Å². The largest absolute Gasteiger partial charge is 0.348 e. The van der Waals surface area contributed by atoms with Gasteiger partial charge in [0, 0.05) is 31.2 Å². The fourth-order valence-corrected chi connectivity index (χ4v) is 4.17. The standard InChI is InChI=1S/C25H25N5O/c31-25(26-22-14-15-29(18-22)16-19-6-2-1-3-7-19)21-12-10-20(11-13-21)17-30-24-9-5-4-8-23(24)27-28-30/h1-13,22H,14-18H2,(H,26,31)/t22-/m0/s1. The van der Waals surface area contributed by atoms with Crippen LogP contribution in [0.2, 0.25) is 0 Å². The predicted octanol–water partition coefficient (Wildman–Crippen LogP) is 3.48. The second-order valence-corrected chi connectivity index (χ2v) is 8.11. The van der Waals surface area contributed by atoms with Gasteiger partial charge in [0.15, 0.2) is 0 Å². The molecular weight excluding hydrogens is 386 g/mol. The van der Waals surface area contributed by atoms with Gasteiger partial charge in [-0.05, 0) is 41.8 Å². The second-order valence-electron chi connectivity index (χ2n) is 8.11. The summed E-state index contributed by atoms with van der Waals surface area (Å²) in [5.41, 5.74) is 4.98. The molecule has 1 amide bonds. The Hall–Kier alpha value is -3.51. The Balaban J connectivity index is 1.17. The summed E-state index contributed by atoms with van der Waals surface area (Å²) >= 11 is 0. The Morgan fingerprint density at radius 2 is 1.65 bits per heavy atom. The quantitative estimate of drug-likeness (QED) is 0.528. The van der Waals surface area contributed by atoms with Crippen LogP contribution in [0.4, 0.5) is 0 Å². The van der Waals surface area contributed by atoms with E-state index in [1.165, 1.54) is 5.56 Å². The van der Waals surface area contributed by atoms with Gasteiger partial charge in [0.25, 0.3) is 5.91 Å². The third kappa shape index (κ3) is 4.49. The summed E-state index contributed by atoms with van der Waals surface area (Å²) in [6.45, 7) is 3.45. The molecule has 0 aliphatic carbocycles. The van der Waals surface area contributed by atoms with Crippen molar-refractivity contribution in [2.24, 2.45) is 0 Å². The first kappa shape index (κ1) is 19.5. The zero-order valence-electron chi connectivity index (χ0n) is 17.3. The minimum atomic E-state index is -0.00989. The molecule has 1 fully saturated rings. The van der Waals surface area contributed by atoms with Crippen molar-refractivity contribution in [3.05, 3.63) is 95.6 Å². The number of hydrogen-bond donors (Lipinski definition) is 1. The number of hydrogen-bond acceptors (Lipinski definition) is 4. The van der Waals surface area contributed by atoms with Gasteiger partial charge in [-0.15, -0.1) is 5.10 Å². The van der Waals surface area contributed by atoms with Crippen LogP contribution in [0.5, 0.6) is 0 Å². The number of rotatable bonds is 6. The molecule has 0 unspecified atom stereocenters. The number of nitrogens with zero attached hydrogens (tertiary/aromatic N) is 4. The Labute approximate surface area is 181 Å². The molecule has 0 saturated carbocycles. The molecule has 1 aromatic heterocycles. The average molecular weight is 412 g/mol. The van der Waals surface area contributed by atoms with Gasteiger partial charge in [0.1, 0.15) is 5.52 Å². The highest BCUT2D eigenvalue weighted by Crippen LogP contribution is 2.15. The van der Waals surface area contributed by atoms with Gasteiger partial charge in [-0.1, -0.05) is 59.8 Å². The maximum Gasteiger partial charge on any atom is 0.251 e.